The fourth-order valence-electron chi connectivity index (χ4n) is 9.30. The standard InChI is InChI=1S/C39H33ClN4O5S2/c1-19-25-15-20(40)10-13-30(25)51-34(19)28-17-31(42(3)41-28)44-36(47)27-16-26-22(33(39(27,2)38(44)49)23-8-4-5-9-29(23)45)11-12-24-32(26)37(48)43(35(24)46)18-21-7-6-14-50-21/h4-11,13-15,17,24,26-27,32-33,45H,12,16,18H2,1-3H3/t24-,26+,27-,32-,33+,39+/m0/s1. The number of amides is 4. The molecule has 3 aromatic heterocycles. The van der Waals surface area contributed by atoms with Gasteiger partial charge >= 0.3 is 0 Å². The Labute approximate surface area is 306 Å². The highest BCUT2D eigenvalue weighted by Gasteiger charge is 2.68. The molecule has 51 heavy (non-hydrogen) atoms. The van der Waals surface area contributed by atoms with E-state index in [2.05, 4.69) is 0 Å². The van der Waals surface area contributed by atoms with Crippen molar-refractivity contribution in [3.8, 4) is 16.3 Å². The van der Waals surface area contributed by atoms with E-state index in [9.17, 15) is 24.3 Å². The van der Waals surface area contributed by atoms with E-state index in [1.807, 2.05) is 61.7 Å². The fraction of sp³-hybridized carbons (Fsp3) is 0.308. The average molecular weight is 737 g/mol. The molecule has 2 aliphatic carbocycles. The van der Waals surface area contributed by atoms with Crippen molar-refractivity contribution in [1.29, 1.82) is 0 Å². The number of nitrogens with zero attached hydrogens (tertiary/aromatic N) is 4. The number of phenols is 1. The van der Waals surface area contributed by atoms with Crippen LogP contribution in [0, 0.1) is 36.0 Å². The van der Waals surface area contributed by atoms with Crippen molar-refractivity contribution < 1.29 is 24.3 Å². The zero-order chi connectivity index (χ0) is 35.5. The van der Waals surface area contributed by atoms with Crippen molar-refractivity contribution in [3.05, 3.63) is 98.7 Å². The molecule has 1 N–H and O–H groups in total. The number of allylic oxidation sites excluding steroid dienone is 2. The maximum Gasteiger partial charge on any atom is 0.242 e. The minimum absolute atomic E-state index is 0.0150. The van der Waals surface area contributed by atoms with Crippen LogP contribution in [0.2, 0.25) is 5.02 Å². The van der Waals surface area contributed by atoms with Crippen LogP contribution in [0.4, 0.5) is 5.82 Å². The van der Waals surface area contributed by atoms with Crippen LogP contribution in [-0.2, 0) is 32.8 Å². The second-order valence-electron chi connectivity index (χ2n) is 14.3. The first-order valence-corrected chi connectivity index (χ1v) is 19.0. The van der Waals surface area contributed by atoms with Gasteiger partial charge in [0.1, 0.15) is 17.3 Å². The summed E-state index contributed by atoms with van der Waals surface area (Å²) in [6.45, 7) is 4.05. The van der Waals surface area contributed by atoms with Gasteiger partial charge in [-0.1, -0.05) is 47.5 Å². The number of carbonyl (C=O) groups is 4. The summed E-state index contributed by atoms with van der Waals surface area (Å²) in [6.07, 6.45) is 2.59. The summed E-state index contributed by atoms with van der Waals surface area (Å²) >= 11 is 9.37. The number of halogens is 1. The number of carbonyl (C=O) groups excluding carboxylic acids is 4. The maximum absolute atomic E-state index is 15.0. The van der Waals surface area contributed by atoms with Crippen molar-refractivity contribution in [2.24, 2.45) is 36.1 Å². The Morgan fingerprint density at radius 1 is 1.00 bits per heavy atom. The largest absolute Gasteiger partial charge is 0.508 e. The van der Waals surface area contributed by atoms with E-state index in [-0.39, 0.29) is 42.3 Å². The Kier molecular flexibility index (Phi) is 7.27. The molecule has 4 aliphatic rings. The van der Waals surface area contributed by atoms with Crippen LogP contribution in [-0.4, -0.2) is 43.4 Å². The Morgan fingerprint density at radius 3 is 2.57 bits per heavy atom. The topological polar surface area (TPSA) is 113 Å². The van der Waals surface area contributed by atoms with Gasteiger partial charge < -0.3 is 5.11 Å². The van der Waals surface area contributed by atoms with Gasteiger partial charge in [-0.15, -0.1) is 22.7 Å². The normalized spacial score (nSPS) is 27.3. The van der Waals surface area contributed by atoms with Crippen LogP contribution >= 0.6 is 34.3 Å². The van der Waals surface area contributed by atoms with Crippen molar-refractivity contribution >= 4 is 73.8 Å². The van der Waals surface area contributed by atoms with E-state index >= 15 is 0 Å². The molecule has 1 saturated carbocycles. The summed E-state index contributed by atoms with van der Waals surface area (Å²) in [7, 11) is 1.72. The van der Waals surface area contributed by atoms with Crippen LogP contribution < -0.4 is 4.90 Å². The predicted molar refractivity (Wildman–Crippen MR) is 196 cm³/mol. The van der Waals surface area contributed by atoms with Crippen molar-refractivity contribution in [2.45, 2.75) is 39.2 Å². The van der Waals surface area contributed by atoms with Gasteiger partial charge in [0.15, 0.2) is 0 Å². The van der Waals surface area contributed by atoms with Crippen molar-refractivity contribution in [1.82, 2.24) is 14.7 Å². The third kappa shape index (κ3) is 4.53. The number of rotatable bonds is 5. The third-order valence-corrected chi connectivity index (χ3v) is 14.1. The Bertz CT molecular complexity index is 2360. The van der Waals surface area contributed by atoms with E-state index in [4.69, 9.17) is 16.7 Å². The van der Waals surface area contributed by atoms with E-state index in [1.54, 1.807) is 47.3 Å². The van der Waals surface area contributed by atoms with Gasteiger partial charge in [-0.2, -0.15) is 5.10 Å². The van der Waals surface area contributed by atoms with Gasteiger partial charge in [0.2, 0.25) is 23.6 Å². The Hall–Kier alpha value is -4.58. The van der Waals surface area contributed by atoms with Gasteiger partial charge in [0.05, 0.1) is 34.6 Å². The Balaban J connectivity index is 1.14. The first kappa shape index (κ1) is 32.3. The van der Waals surface area contributed by atoms with Crippen molar-refractivity contribution in [3.63, 3.8) is 0 Å². The molecular weight excluding hydrogens is 704 g/mol. The monoisotopic (exact) mass is 736 g/mol. The number of imide groups is 2. The highest BCUT2D eigenvalue weighted by atomic mass is 35.5. The molecule has 9 rings (SSSR count). The molecular formula is C39H33ClN4O5S2. The van der Waals surface area contributed by atoms with Crippen LogP contribution in [0.5, 0.6) is 5.75 Å². The Morgan fingerprint density at radius 2 is 1.80 bits per heavy atom. The number of fused-ring (bicyclic) bond motifs is 5. The summed E-state index contributed by atoms with van der Waals surface area (Å²) in [5, 5.41) is 19.7. The minimum atomic E-state index is -1.28. The second kappa shape index (κ2) is 11.5. The van der Waals surface area contributed by atoms with Gasteiger partial charge in [-0.05, 0) is 79.3 Å². The quantitative estimate of drug-likeness (QED) is 0.148. The minimum Gasteiger partial charge on any atom is -0.508 e. The molecule has 2 aromatic carbocycles. The number of hydrogen-bond donors (Lipinski definition) is 1. The van der Waals surface area contributed by atoms with Gasteiger partial charge in [-0.3, -0.25) is 28.8 Å². The predicted octanol–water partition coefficient (Wildman–Crippen LogP) is 7.46. The zero-order valence-electron chi connectivity index (χ0n) is 28.0. The molecule has 9 nitrogen and oxygen atoms in total. The SMILES string of the molecule is Cc1c(-c2cc(N3C(=O)[C@@H]4C[C@@H]5C(=CC[C@@H]6C(=O)N(Cc7cccs7)C(=O)[C@@H]65)[C@H](c5ccccc5O)[C@]4(C)C3=O)n(C)n2)sc2ccc(Cl)cc12. The molecule has 4 amide bonds. The number of phenolic OH excluding ortho intramolecular Hbond substituents is 1. The lowest BCUT2D eigenvalue weighted by Gasteiger charge is -2.49. The summed E-state index contributed by atoms with van der Waals surface area (Å²) in [6, 6.07) is 18.3. The first-order valence-electron chi connectivity index (χ1n) is 17.0. The molecule has 2 saturated heterocycles. The number of aromatic hydroxyl groups is 1. The number of hydrogen-bond acceptors (Lipinski definition) is 8. The van der Waals surface area contributed by atoms with Crippen LogP contribution in [0.25, 0.3) is 20.7 Å². The molecule has 0 bridgehead atoms. The molecule has 5 aromatic rings. The number of anilines is 1. The zero-order valence-corrected chi connectivity index (χ0v) is 30.4. The highest BCUT2D eigenvalue weighted by Crippen LogP contribution is 2.64. The lowest BCUT2D eigenvalue weighted by Crippen LogP contribution is -2.48. The summed E-state index contributed by atoms with van der Waals surface area (Å²) < 4.78 is 2.63. The van der Waals surface area contributed by atoms with Crippen LogP contribution in [0.15, 0.2) is 77.7 Å². The first-order chi connectivity index (χ1) is 24.5. The number of para-hydroxylation sites is 1. The van der Waals surface area contributed by atoms with Gasteiger partial charge in [-0.25, -0.2) is 4.90 Å². The van der Waals surface area contributed by atoms with E-state index in [0.717, 1.165) is 31.0 Å². The lowest BCUT2D eigenvalue weighted by atomic mass is 9.51. The number of likely N-dealkylation sites (tertiary alicyclic amines) is 1. The lowest BCUT2D eigenvalue weighted by molar-refractivity contribution is -0.141. The number of aromatic nitrogens is 2. The molecule has 5 heterocycles. The summed E-state index contributed by atoms with van der Waals surface area (Å²) in [5.41, 5.74) is 1.74. The van der Waals surface area contributed by atoms with Crippen molar-refractivity contribution in [2.75, 3.05) is 4.90 Å². The smallest absolute Gasteiger partial charge is 0.242 e. The van der Waals surface area contributed by atoms with E-state index in [1.165, 1.54) is 21.1 Å². The number of benzene rings is 2. The summed E-state index contributed by atoms with van der Waals surface area (Å²) in [4.78, 5) is 62.1. The number of thiophene rings is 2. The third-order valence-electron chi connectivity index (χ3n) is 11.7. The molecule has 0 radical (unpaired) electrons. The maximum atomic E-state index is 15.0. The highest BCUT2D eigenvalue weighted by molar-refractivity contribution is 7.22. The van der Waals surface area contributed by atoms with Crippen LogP contribution in [0.3, 0.4) is 0 Å². The van der Waals surface area contributed by atoms with E-state index in [0.29, 0.717) is 28.5 Å². The fourth-order valence-corrected chi connectivity index (χ4v) is 11.3. The molecule has 2 aliphatic heterocycles. The second-order valence-corrected chi connectivity index (χ2v) is 16.8. The van der Waals surface area contributed by atoms with Crippen LogP contribution in [0.1, 0.15) is 41.7 Å². The molecule has 3 fully saturated rings. The molecule has 0 spiro atoms. The molecule has 6 atom stereocenters. The van der Waals surface area contributed by atoms with Gasteiger partial charge in [0, 0.05) is 39.2 Å². The molecule has 0 unspecified atom stereocenters. The summed E-state index contributed by atoms with van der Waals surface area (Å²) in [5.74, 6) is -3.97. The number of aryl methyl sites for hydroxylation is 2. The molecule has 258 valence electrons. The molecule has 12 heteroatoms. The van der Waals surface area contributed by atoms with Gasteiger partial charge in [0.25, 0.3) is 0 Å². The average Bonchev–Trinajstić information content (AvgIpc) is 3.91. The van der Waals surface area contributed by atoms with E-state index < -0.39 is 35.0 Å².